The molecule has 2 aromatic carbocycles. The molecule has 0 aliphatic carbocycles. The number of hydrogen-bond acceptors (Lipinski definition) is 3. The van der Waals surface area contributed by atoms with E-state index in [1.807, 2.05) is 37.3 Å². The molecule has 2 aromatic rings. The van der Waals surface area contributed by atoms with Crippen molar-refractivity contribution in [3.8, 4) is 5.75 Å². The quantitative estimate of drug-likeness (QED) is 0.837. The van der Waals surface area contributed by atoms with Gasteiger partial charge < -0.3 is 15.8 Å². The molecular formula is C15H15ClN2OS. The van der Waals surface area contributed by atoms with Crippen molar-refractivity contribution in [2.75, 3.05) is 12.4 Å². The Morgan fingerprint density at radius 2 is 2.00 bits per heavy atom. The van der Waals surface area contributed by atoms with E-state index in [-0.39, 0.29) is 0 Å². The van der Waals surface area contributed by atoms with Gasteiger partial charge in [-0.2, -0.15) is 0 Å². The first-order chi connectivity index (χ1) is 9.51. The lowest BCUT2D eigenvalue weighted by atomic mass is 10.1. The molecule has 3 nitrogen and oxygen atoms in total. The number of rotatable bonds is 4. The van der Waals surface area contributed by atoms with Crippen LogP contribution in [-0.4, -0.2) is 12.1 Å². The summed E-state index contributed by atoms with van der Waals surface area (Å²) >= 11 is 11.1. The Morgan fingerprint density at radius 1 is 1.25 bits per heavy atom. The molecule has 3 N–H and O–H groups in total. The van der Waals surface area contributed by atoms with Crippen LogP contribution in [-0.2, 0) is 0 Å². The van der Waals surface area contributed by atoms with Crippen molar-refractivity contribution in [3.63, 3.8) is 0 Å². The van der Waals surface area contributed by atoms with Crippen molar-refractivity contribution in [1.82, 2.24) is 0 Å². The van der Waals surface area contributed by atoms with E-state index in [1.165, 1.54) is 0 Å². The number of thiocarbonyl (C=S) groups is 1. The molecule has 0 fully saturated rings. The highest BCUT2D eigenvalue weighted by molar-refractivity contribution is 7.80. The van der Waals surface area contributed by atoms with Crippen LogP contribution in [0.3, 0.4) is 0 Å². The molecule has 0 radical (unpaired) electrons. The standard InChI is InChI=1S/C15H15ClN2OS/c1-9-7-11(19-2)4-6-14(9)18-10-3-5-12(15(17)20)13(16)8-10/h3-8,18H,1-2H3,(H2,17,20). The number of benzene rings is 2. The smallest absolute Gasteiger partial charge is 0.119 e. The van der Waals surface area contributed by atoms with Crippen molar-refractivity contribution in [3.05, 3.63) is 52.5 Å². The fraction of sp³-hybridized carbons (Fsp3) is 0.133. The van der Waals surface area contributed by atoms with E-state index in [4.69, 9.17) is 34.3 Å². The summed E-state index contributed by atoms with van der Waals surface area (Å²) in [6, 6.07) is 11.3. The maximum atomic E-state index is 6.15. The molecule has 5 heteroatoms. The van der Waals surface area contributed by atoms with Gasteiger partial charge in [-0.3, -0.25) is 0 Å². The first kappa shape index (κ1) is 14.6. The Kier molecular flexibility index (Phi) is 4.47. The number of nitrogens with two attached hydrogens (primary N) is 1. The summed E-state index contributed by atoms with van der Waals surface area (Å²) in [7, 11) is 1.65. The van der Waals surface area contributed by atoms with Crippen LogP contribution in [0.5, 0.6) is 5.75 Å². The molecule has 20 heavy (non-hydrogen) atoms. The fourth-order valence-electron chi connectivity index (χ4n) is 1.85. The van der Waals surface area contributed by atoms with Gasteiger partial charge in [-0.1, -0.05) is 23.8 Å². The zero-order valence-corrected chi connectivity index (χ0v) is 12.8. The zero-order chi connectivity index (χ0) is 14.7. The highest BCUT2D eigenvalue weighted by atomic mass is 35.5. The molecule has 0 unspecified atom stereocenters. The van der Waals surface area contributed by atoms with E-state index in [2.05, 4.69) is 5.32 Å². The van der Waals surface area contributed by atoms with Gasteiger partial charge in [-0.15, -0.1) is 0 Å². The minimum atomic E-state index is 0.294. The Balaban J connectivity index is 2.26. The topological polar surface area (TPSA) is 47.3 Å². The number of anilines is 2. The normalized spacial score (nSPS) is 10.2. The largest absolute Gasteiger partial charge is 0.497 e. The SMILES string of the molecule is COc1ccc(Nc2ccc(C(N)=S)c(Cl)c2)c(C)c1. The third kappa shape index (κ3) is 3.21. The molecule has 0 aromatic heterocycles. The summed E-state index contributed by atoms with van der Waals surface area (Å²) in [5, 5.41) is 3.84. The van der Waals surface area contributed by atoms with E-state index in [0.717, 1.165) is 22.7 Å². The molecule has 0 saturated heterocycles. The molecule has 0 heterocycles. The molecule has 0 aliphatic rings. The third-order valence-electron chi connectivity index (χ3n) is 2.95. The molecule has 0 bridgehead atoms. The first-order valence-corrected chi connectivity index (χ1v) is 6.81. The van der Waals surface area contributed by atoms with Gasteiger partial charge in [0.25, 0.3) is 0 Å². The summed E-state index contributed by atoms with van der Waals surface area (Å²) in [6.45, 7) is 2.01. The lowest BCUT2D eigenvalue weighted by Crippen LogP contribution is -2.10. The molecule has 0 spiro atoms. The average Bonchev–Trinajstić information content (AvgIpc) is 2.40. The monoisotopic (exact) mass is 306 g/mol. The van der Waals surface area contributed by atoms with Gasteiger partial charge in [0.2, 0.25) is 0 Å². The number of methoxy groups -OCH3 is 1. The molecule has 2 rings (SSSR count). The van der Waals surface area contributed by atoms with Gasteiger partial charge in [-0.25, -0.2) is 0 Å². The Bertz CT molecular complexity index is 658. The Morgan fingerprint density at radius 3 is 2.55 bits per heavy atom. The second-order valence-electron chi connectivity index (χ2n) is 4.36. The highest BCUT2D eigenvalue weighted by Gasteiger charge is 2.06. The van der Waals surface area contributed by atoms with Gasteiger partial charge in [0.1, 0.15) is 10.7 Å². The van der Waals surface area contributed by atoms with Crippen LogP contribution in [0.15, 0.2) is 36.4 Å². The van der Waals surface area contributed by atoms with Crippen molar-refractivity contribution in [1.29, 1.82) is 0 Å². The number of nitrogens with one attached hydrogen (secondary N) is 1. The maximum absolute atomic E-state index is 6.15. The second kappa shape index (κ2) is 6.11. The van der Waals surface area contributed by atoms with Crippen molar-refractivity contribution >= 4 is 40.2 Å². The van der Waals surface area contributed by atoms with Crippen LogP contribution in [0, 0.1) is 6.92 Å². The summed E-state index contributed by atoms with van der Waals surface area (Å²) in [6.07, 6.45) is 0. The van der Waals surface area contributed by atoms with Gasteiger partial charge in [0.05, 0.1) is 12.1 Å². The van der Waals surface area contributed by atoms with E-state index >= 15 is 0 Å². The van der Waals surface area contributed by atoms with Crippen molar-refractivity contribution < 1.29 is 4.74 Å². The number of halogens is 1. The average molecular weight is 307 g/mol. The van der Waals surface area contributed by atoms with Crippen LogP contribution in [0.2, 0.25) is 5.02 Å². The van der Waals surface area contributed by atoms with Gasteiger partial charge >= 0.3 is 0 Å². The minimum absolute atomic E-state index is 0.294. The lowest BCUT2D eigenvalue weighted by molar-refractivity contribution is 0.414. The number of aryl methyl sites for hydroxylation is 1. The zero-order valence-electron chi connectivity index (χ0n) is 11.2. The molecular weight excluding hydrogens is 292 g/mol. The van der Waals surface area contributed by atoms with E-state index in [1.54, 1.807) is 13.2 Å². The fourth-order valence-corrected chi connectivity index (χ4v) is 2.37. The van der Waals surface area contributed by atoms with Crippen molar-refractivity contribution in [2.24, 2.45) is 5.73 Å². The minimum Gasteiger partial charge on any atom is -0.497 e. The Hall–Kier alpha value is -1.78. The van der Waals surface area contributed by atoms with E-state index in [0.29, 0.717) is 15.6 Å². The van der Waals surface area contributed by atoms with Crippen LogP contribution in [0.4, 0.5) is 11.4 Å². The Labute approximate surface area is 128 Å². The molecule has 0 saturated carbocycles. The molecule has 0 amide bonds. The van der Waals surface area contributed by atoms with Gasteiger partial charge in [0.15, 0.2) is 0 Å². The molecule has 0 atom stereocenters. The van der Waals surface area contributed by atoms with Crippen LogP contribution in [0.25, 0.3) is 0 Å². The lowest BCUT2D eigenvalue weighted by Gasteiger charge is -2.12. The second-order valence-corrected chi connectivity index (χ2v) is 5.21. The van der Waals surface area contributed by atoms with Crippen molar-refractivity contribution in [2.45, 2.75) is 6.92 Å². The number of ether oxygens (including phenoxy) is 1. The molecule has 104 valence electrons. The number of hydrogen-bond donors (Lipinski definition) is 2. The van der Waals surface area contributed by atoms with Gasteiger partial charge in [0, 0.05) is 16.9 Å². The first-order valence-electron chi connectivity index (χ1n) is 6.02. The van der Waals surface area contributed by atoms with E-state index in [9.17, 15) is 0 Å². The van der Waals surface area contributed by atoms with Crippen LogP contribution >= 0.6 is 23.8 Å². The summed E-state index contributed by atoms with van der Waals surface area (Å²) in [5.74, 6) is 0.829. The predicted octanol–water partition coefficient (Wildman–Crippen LogP) is 4.03. The third-order valence-corrected chi connectivity index (χ3v) is 3.48. The molecule has 0 aliphatic heterocycles. The van der Waals surface area contributed by atoms with Gasteiger partial charge in [-0.05, 0) is 48.9 Å². The van der Waals surface area contributed by atoms with E-state index < -0.39 is 0 Å². The highest BCUT2D eigenvalue weighted by Crippen LogP contribution is 2.27. The maximum Gasteiger partial charge on any atom is 0.119 e. The summed E-state index contributed by atoms with van der Waals surface area (Å²) in [4.78, 5) is 0.294. The van der Waals surface area contributed by atoms with Crippen LogP contribution in [0.1, 0.15) is 11.1 Å². The predicted molar refractivity (Wildman–Crippen MR) is 88.4 cm³/mol. The van der Waals surface area contributed by atoms with Crippen LogP contribution < -0.4 is 15.8 Å². The summed E-state index contributed by atoms with van der Waals surface area (Å²) in [5.41, 5.74) is 9.22. The summed E-state index contributed by atoms with van der Waals surface area (Å²) < 4.78 is 5.18.